The Morgan fingerprint density at radius 3 is 2.94 bits per heavy atom. The van der Waals surface area contributed by atoms with Crippen LogP contribution in [0.4, 0.5) is 0 Å². The van der Waals surface area contributed by atoms with E-state index in [2.05, 4.69) is 17.1 Å². The maximum absolute atomic E-state index is 12.0. The number of nitrogens with one attached hydrogen (secondary N) is 1. The molecule has 1 saturated heterocycles. The summed E-state index contributed by atoms with van der Waals surface area (Å²) in [5, 5.41) is 12.2. The van der Waals surface area contributed by atoms with Gasteiger partial charge in [0.2, 0.25) is 5.91 Å². The molecule has 0 spiro atoms. The highest BCUT2D eigenvalue weighted by atomic mass is 16.3. The monoisotopic (exact) mass is 256 g/mol. The molecule has 2 N–H and O–H groups in total. The molecule has 0 saturated carbocycles. The van der Waals surface area contributed by atoms with E-state index in [1.165, 1.54) is 12.8 Å². The molecule has 1 heterocycles. The number of piperidine rings is 1. The Kier molecular flexibility index (Phi) is 7.28. The minimum absolute atomic E-state index is 0.0685. The predicted molar refractivity (Wildman–Crippen MR) is 73.4 cm³/mol. The quantitative estimate of drug-likeness (QED) is 0.677. The highest BCUT2D eigenvalue weighted by molar-refractivity contribution is 5.81. The largest absolute Gasteiger partial charge is 0.396 e. The molecule has 2 atom stereocenters. The van der Waals surface area contributed by atoms with Crippen LogP contribution in [0.15, 0.2) is 0 Å². The molecule has 0 aromatic rings. The lowest BCUT2D eigenvalue weighted by Gasteiger charge is -2.35. The molecule has 0 bridgehead atoms. The van der Waals surface area contributed by atoms with Crippen molar-refractivity contribution in [3.05, 3.63) is 0 Å². The van der Waals surface area contributed by atoms with Crippen molar-refractivity contribution >= 4 is 5.91 Å². The van der Waals surface area contributed by atoms with Gasteiger partial charge in [-0.05, 0) is 38.6 Å². The first-order valence-corrected chi connectivity index (χ1v) is 7.31. The van der Waals surface area contributed by atoms with Gasteiger partial charge >= 0.3 is 0 Å². The van der Waals surface area contributed by atoms with E-state index in [9.17, 15) is 9.90 Å². The summed E-state index contributed by atoms with van der Waals surface area (Å²) in [6, 6.07) is -0.0685. The van der Waals surface area contributed by atoms with E-state index >= 15 is 0 Å². The second-order valence-corrected chi connectivity index (χ2v) is 5.36. The Hall–Kier alpha value is -0.610. The van der Waals surface area contributed by atoms with Crippen molar-refractivity contribution in [1.29, 1.82) is 0 Å². The first-order valence-electron chi connectivity index (χ1n) is 7.31. The third-order valence-electron chi connectivity index (χ3n) is 3.82. The van der Waals surface area contributed by atoms with Gasteiger partial charge in [-0.3, -0.25) is 9.69 Å². The number of aliphatic hydroxyl groups is 1. The predicted octanol–water partition coefficient (Wildman–Crippen LogP) is 1.39. The van der Waals surface area contributed by atoms with E-state index in [-0.39, 0.29) is 18.6 Å². The van der Waals surface area contributed by atoms with Crippen LogP contribution in [0.25, 0.3) is 0 Å². The molecule has 2 unspecified atom stereocenters. The average Bonchev–Trinajstić information content (AvgIpc) is 2.42. The fourth-order valence-corrected chi connectivity index (χ4v) is 2.50. The minimum Gasteiger partial charge on any atom is -0.396 e. The summed E-state index contributed by atoms with van der Waals surface area (Å²) in [6.45, 7) is 6.97. The molecule has 0 aromatic carbocycles. The summed E-state index contributed by atoms with van der Waals surface area (Å²) in [7, 11) is 0. The zero-order chi connectivity index (χ0) is 13.4. The smallest absolute Gasteiger partial charge is 0.237 e. The van der Waals surface area contributed by atoms with Gasteiger partial charge < -0.3 is 10.4 Å². The lowest BCUT2D eigenvalue weighted by molar-refractivity contribution is -0.126. The van der Waals surface area contributed by atoms with Crippen molar-refractivity contribution < 1.29 is 9.90 Å². The van der Waals surface area contributed by atoms with Gasteiger partial charge in [0.05, 0.1) is 6.04 Å². The Morgan fingerprint density at radius 2 is 2.28 bits per heavy atom. The van der Waals surface area contributed by atoms with E-state index in [1.54, 1.807) is 0 Å². The number of hydrogen-bond donors (Lipinski definition) is 2. The molecule has 4 heteroatoms. The van der Waals surface area contributed by atoms with Gasteiger partial charge in [-0.2, -0.15) is 0 Å². The van der Waals surface area contributed by atoms with Gasteiger partial charge in [0.1, 0.15) is 0 Å². The lowest BCUT2D eigenvalue weighted by Crippen LogP contribution is -2.49. The number of rotatable bonds is 7. The van der Waals surface area contributed by atoms with Crippen molar-refractivity contribution in [2.45, 2.75) is 52.0 Å². The van der Waals surface area contributed by atoms with Crippen LogP contribution in [0, 0.1) is 5.92 Å². The topological polar surface area (TPSA) is 52.6 Å². The molecule has 1 rings (SSSR count). The standard InChI is InChI=1S/C14H28N2O2/c1-3-4-5-8-15-14(18)12(2)16-9-6-7-13(10-16)11-17/h12-13,17H,3-11H2,1-2H3,(H,15,18). The minimum atomic E-state index is -0.0685. The number of likely N-dealkylation sites (tertiary alicyclic amines) is 1. The molecule has 0 aliphatic carbocycles. The summed E-state index contributed by atoms with van der Waals surface area (Å²) in [5.41, 5.74) is 0. The normalized spacial score (nSPS) is 22.7. The van der Waals surface area contributed by atoms with Gasteiger partial charge in [-0.1, -0.05) is 19.8 Å². The SMILES string of the molecule is CCCCCNC(=O)C(C)N1CCCC(CO)C1. The molecule has 18 heavy (non-hydrogen) atoms. The zero-order valence-corrected chi connectivity index (χ0v) is 11.8. The summed E-state index contributed by atoms with van der Waals surface area (Å²) in [6.07, 6.45) is 5.57. The van der Waals surface area contributed by atoms with E-state index in [1.807, 2.05) is 6.92 Å². The molecule has 1 aliphatic rings. The Morgan fingerprint density at radius 1 is 1.50 bits per heavy atom. The zero-order valence-electron chi connectivity index (χ0n) is 11.8. The first-order chi connectivity index (χ1) is 8.69. The molecule has 1 fully saturated rings. The molecule has 1 amide bonds. The van der Waals surface area contributed by atoms with Gasteiger partial charge in [-0.15, -0.1) is 0 Å². The highest BCUT2D eigenvalue weighted by Gasteiger charge is 2.26. The number of aliphatic hydroxyl groups excluding tert-OH is 1. The Labute approximate surface area is 111 Å². The van der Waals surface area contributed by atoms with E-state index in [0.717, 1.165) is 38.9 Å². The van der Waals surface area contributed by atoms with Crippen LogP contribution in [0.1, 0.15) is 46.0 Å². The van der Waals surface area contributed by atoms with E-state index in [4.69, 9.17) is 0 Å². The maximum Gasteiger partial charge on any atom is 0.237 e. The summed E-state index contributed by atoms with van der Waals surface area (Å²) in [5.74, 6) is 0.471. The molecular formula is C14H28N2O2. The number of carbonyl (C=O) groups excluding carboxylic acids is 1. The van der Waals surface area contributed by atoms with Crippen molar-refractivity contribution in [2.75, 3.05) is 26.2 Å². The van der Waals surface area contributed by atoms with E-state index in [0.29, 0.717) is 5.92 Å². The maximum atomic E-state index is 12.0. The summed E-state index contributed by atoms with van der Waals surface area (Å²) < 4.78 is 0. The molecule has 0 radical (unpaired) electrons. The Bertz CT molecular complexity index is 246. The second kappa shape index (κ2) is 8.48. The van der Waals surface area contributed by atoms with Gasteiger partial charge in [-0.25, -0.2) is 0 Å². The first kappa shape index (κ1) is 15.4. The fourth-order valence-electron chi connectivity index (χ4n) is 2.50. The summed E-state index contributed by atoms with van der Waals surface area (Å²) in [4.78, 5) is 14.2. The third-order valence-corrected chi connectivity index (χ3v) is 3.82. The molecule has 1 aliphatic heterocycles. The second-order valence-electron chi connectivity index (χ2n) is 5.36. The lowest BCUT2D eigenvalue weighted by atomic mass is 9.97. The highest BCUT2D eigenvalue weighted by Crippen LogP contribution is 2.17. The third kappa shape index (κ3) is 4.94. The number of unbranched alkanes of at least 4 members (excludes halogenated alkanes) is 2. The van der Waals surface area contributed by atoms with Gasteiger partial charge in [0.25, 0.3) is 0 Å². The number of nitrogens with zero attached hydrogens (tertiary/aromatic N) is 1. The number of hydrogen-bond acceptors (Lipinski definition) is 3. The fraction of sp³-hybridized carbons (Fsp3) is 0.929. The van der Waals surface area contributed by atoms with Crippen LogP contribution in [-0.4, -0.2) is 48.2 Å². The Balaban J connectivity index is 2.28. The van der Waals surface area contributed by atoms with E-state index < -0.39 is 0 Å². The summed E-state index contributed by atoms with van der Waals surface area (Å²) >= 11 is 0. The molecule has 0 aromatic heterocycles. The molecule has 4 nitrogen and oxygen atoms in total. The van der Waals surface area contributed by atoms with Crippen LogP contribution < -0.4 is 5.32 Å². The van der Waals surface area contributed by atoms with Crippen LogP contribution in [-0.2, 0) is 4.79 Å². The van der Waals surface area contributed by atoms with Crippen molar-refractivity contribution in [3.63, 3.8) is 0 Å². The number of amides is 1. The average molecular weight is 256 g/mol. The molecule has 106 valence electrons. The van der Waals surface area contributed by atoms with Crippen LogP contribution in [0.2, 0.25) is 0 Å². The van der Waals surface area contributed by atoms with Crippen LogP contribution in [0.3, 0.4) is 0 Å². The van der Waals surface area contributed by atoms with Gasteiger partial charge in [0, 0.05) is 19.7 Å². The van der Waals surface area contributed by atoms with Crippen molar-refractivity contribution in [2.24, 2.45) is 5.92 Å². The van der Waals surface area contributed by atoms with Gasteiger partial charge in [0.15, 0.2) is 0 Å². The van der Waals surface area contributed by atoms with Crippen molar-refractivity contribution in [1.82, 2.24) is 10.2 Å². The van der Waals surface area contributed by atoms with Crippen LogP contribution in [0.5, 0.6) is 0 Å². The van der Waals surface area contributed by atoms with Crippen molar-refractivity contribution in [3.8, 4) is 0 Å². The number of carbonyl (C=O) groups is 1. The molecular weight excluding hydrogens is 228 g/mol. The van der Waals surface area contributed by atoms with Crippen LogP contribution >= 0.6 is 0 Å².